The van der Waals surface area contributed by atoms with E-state index >= 15 is 0 Å². The van der Waals surface area contributed by atoms with Gasteiger partial charge in [-0.15, -0.1) is 0 Å². The normalized spacial score (nSPS) is 15.7. The zero-order valence-corrected chi connectivity index (χ0v) is 19.3. The zero-order chi connectivity index (χ0) is 22.5. The molecule has 0 aromatic heterocycles. The highest BCUT2D eigenvalue weighted by Crippen LogP contribution is 2.22. The number of nitrogens with zero attached hydrogens (tertiary/aromatic N) is 1. The maximum atomic E-state index is 13.0. The first-order valence-corrected chi connectivity index (χ1v) is 11.8. The van der Waals surface area contributed by atoms with Crippen LogP contribution in [0, 0.1) is 12.8 Å². The van der Waals surface area contributed by atoms with Crippen LogP contribution in [0.4, 0.5) is 4.79 Å². The number of nitrogens with one attached hydrogen (secondary N) is 2. The lowest BCUT2D eigenvalue weighted by Gasteiger charge is -2.32. The van der Waals surface area contributed by atoms with Gasteiger partial charge in [-0.05, 0) is 64.2 Å². The minimum absolute atomic E-state index is 0.0924. The Bertz CT molecular complexity index is 869. The molecule has 0 aliphatic carbocycles. The number of carbonyl (C=O) groups is 2. The smallest absolute Gasteiger partial charge is 0.407 e. The molecular formula is C21H33N3O5S. The molecule has 168 valence electrons. The SMILES string of the molecule is CCNS(=O)(=O)c1ccc(C)c(C(=O)N2CCC(CNC(=O)OC(C)(C)C)CC2)c1. The Balaban J connectivity index is 1.96. The van der Waals surface area contributed by atoms with E-state index in [1.54, 1.807) is 24.8 Å². The predicted molar refractivity (Wildman–Crippen MR) is 115 cm³/mol. The average molecular weight is 440 g/mol. The Hall–Kier alpha value is -2.13. The number of hydrogen-bond donors (Lipinski definition) is 2. The third kappa shape index (κ3) is 6.70. The highest BCUT2D eigenvalue weighted by Gasteiger charge is 2.26. The van der Waals surface area contributed by atoms with Gasteiger partial charge in [0.05, 0.1) is 4.90 Å². The predicted octanol–water partition coefficient (Wildman–Crippen LogP) is 2.67. The molecular weight excluding hydrogens is 406 g/mol. The number of hydrogen-bond acceptors (Lipinski definition) is 5. The van der Waals surface area contributed by atoms with Crippen molar-refractivity contribution in [3.8, 4) is 0 Å². The maximum absolute atomic E-state index is 13.0. The van der Waals surface area contributed by atoms with Crippen molar-refractivity contribution >= 4 is 22.0 Å². The number of piperidine rings is 1. The second kappa shape index (κ2) is 9.78. The summed E-state index contributed by atoms with van der Waals surface area (Å²) in [5.41, 5.74) is 0.607. The number of aryl methyl sites for hydroxylation is 1. The Morgan fingerprint density at radius 3 is 2.40 bits per heavy atom. The third-order valence-electron chi connectivity index (χ3n) is 4.92. The number of ether oxygens (including phenoxy) is 1. The molecule has 0 saturated carbocycles. The van der Waals surface area contributed by atoms with Crippen molar-refractivity contribution in [1.82, 2.24) is 14.9 Å². The topological polar surface area (TPSA) is 105 Å². The fourth-order valence-corrected chi connectivity index (χ4v) is 4.39. The lowest BCUT2D eigenvalue weighted by Crippen LogP contribution is -2.42. The quantitative estimate of drug-likeness (QED) is 0.709. The number of amides is 2. The molecule has 8 nitrogen and oxygen atoms in total. The molecule has 0 unspecified atom stereocenters. The molecule has 0 spiro atoms. The lowest BCUT2D eigenvalue weighted by atomic mass is 9.96. The second-order valence-electron chi connectivity index (χ2n) is 8.60. The molecule has 1 aliphatic rings. The lowest BCUT2D eigenvalue weighted by molar-refractivity contribution is 0.0500. The number of likely N-dealkylation sites (tertiary alicyclic amines) is 1. The number of benzene rings is 1. The summed E-state index contributed by atoms with van der Waals surface area (Å²) in [4.78, 5) is 26.7. The molecule has 9 heteroatoms. The molecule has 2 rings (SSSR count). The summed E-state index contributed by atoms with van der Waals surface area (Å²) >= 11 is 0. The fourth-order valence-electron chi connectivity index (χ4n) is 3.32. The van der Waals surface area contributed by atoms with E-state index in [1.807, 2.05) is 20.8 Å². The largest absolute Gasteiger partial charge is 0.444 e. The molecule has 2 amide bonds. The highest BCUT2D eigenvalue weighted by molar-refractivity contribution is 7.89. The van der Waals surface area contributed by atoms with Crippen LogP contribution in [0.3, 0.4) is 0 Å². The molecule has 1 heterocycles. The van der Waals surface area contributed by atoms with Crippen molar-refractivity contribution in [1.29, 1.82) is 0 Å². The van der Waals surface area contributed by atoms with Gasteiger partial charge in [-0.1, -0.05) is 13.0 Å². The third-order valence-corrected chi connectivity index (χ3v) is 6.46. The number of alkyl carbamates (subject to hydrolysis) is 1. The van der Waals surface area contributed by atoms with Gasteiger partial charge < -0.3 is 15.0 Å². The number of carbonyl (C=O) groups excluding carboxylic acids is 2. The van der Waals surface area contributed by atoms with Gasteiger partial charge in [0.15, 0.2) is 0 Å². The van der Waals surface area contributed by atoms with E-state index in [2.05, 4.69) is 10.0 Å². The zero-order valence-electron chi connectivity index (χ0n) is 18.4. The molecule has 1 saturated heterocycles. The van der Waals surface area contributed by atoms with Gasteiger partial charge >= 0.3 is 6.09 Å². The summed E-state index contributed by atoms with van der Waals surface area (Å²) in [6, 6.07) is 4.62. The monoisotopic (exact) mass is 439 g/mol. The molecule has 0 bridgehead atoms. The standard InChI is InChI=1S/C21H33N3O5S/c1-6-23-30(27,28)17-8-7-15(2)18(13-17)19(25)24-11-9-16(10-12-24)14-22-20(26)29-21(3,4)5/h7-8,13,16,23H,6,9-12,14H2,1-5H3,(H,22,26). The van der Waals surface area contributed by atoms with Gasteiger partial charge in [-0.3, -0.25) is 4.79 Å². The Labute approximate surface area is 179 Å². The van der Waals surface area contributed by atoms with Gasteiger partial charge in [0.2, 0.25) is 10.0 Å². The highest BCUT2D eigenvalue weighted by atomic mass is 32.2. The van der Waals surface area contributed by atoms with Crippen molar-refractivity contribution in [3.05, 3.63) is 29.3 Å². The second-order valence-corrected chi connectivity index (χ2v) is 10.4. The van der Waals surface area contributed by atoms with E-state index in [-0.39, 0.29) is 23.3 Å². The van der Waals surface area contributed by atoms with Crippen LogP contribution in [0.2, 0.25) is 0 Å². The molecule has 2 N–H and O–H groups in total. The van der Waals surface area contributed by atoms with Crippen LogP contribution in [0.1, 0.15) is 56.5 Å². The van der Waals surface area contributed by atoms with E-state index in [0.29, 0.717) is 25.2 Å². The Morgan fingerprint density at radius 2 is 1.83 bits per heavy atom. The summed E-state index contributed by atoms with van der Waals surface area (Å²) in [5, 5.41) is 2.79. The van der Waals surface area contributed by atoms with Crippen LogP contribution in [0.5, 0.6) is 0 Å². The van der Waals surface area contributed by atoms with Crippen LogP contribution in [-0.2, 0) is 14.8 Å². The van der Waals surface area contributed by atoms with Crippen molar-refractivity contribution in [2.45, 2.75) is 58.0 Å². The van der Waals surface area contributed by atoms with Crippen LogP contribution in [-0.4, -0.2) is 57.1 Å². The molecule has 1 aromatic carbocycles. The van der Waals surface area contributed by atoms with Crippen LogP contribution >= 0.6 is 0 Å². The Kier molecular flexibility index (Phi) is 7.87. The van der Waals surface area contributed by atoms with Crippen LogP contribution in [0.15, 0.2) is 23.1 Å². The van der Waals surface area contributed by atoms with E-state index in [4.69, 9.17) is 4.74 Å². The fraction of sp³-hybridized carbons (Fsp3) is 0.619. The molecule has 1 aliphatic heterocycles. The van der Waals surface area contributed by atoms with E-state index in [0.717, 1.165) is 18.4 Å². The van der Waals surface area contributed by atoms with Gasteiger partial charge in [0, 0.05) is 31.7 Å². The first-order chi connectivity index (χ1) is 13.9. The van der Waals surface area contributed by atoms with Gasteiger partial charge in [-0.2, -0.15) is 0 Å². The van der Waals surface area contributed by atoms with Crippen molar-refractivity contribution in [2.75, 3.05) is 26.2 Å². The molecule has 30 heavy (non-hydrogen) atoms. The summed E-state index contributed by atoms with van der Waals surface area (Å²) < 4.78 is 32.2. The van der Waals surface area contributed by atoms with Gasteiger partial charge in [-0.25, -0.2) is 17.9 Å². The first kappa shape index (κ1) is 24.1. The van der Waals surface area contributed by atoms with Gasteiger partial charge in [0.1, 0.15) is 5.60 Å². The first-order valence-electron chi connectivity index (χ1n) is 10.3. The van der Waals surface area contributed by atoms with E-state index in [9.17, 15) is 18.0 Å². The Morgan fingerprint density at radius 1 is 1.20 bits per heavy atom. The molecule has 0 radical (unpaired) electrons. The van der Waals surface area contributed by atoms with E-state index in [1.165, 1.54) is 12.1 Å². The number of rotatable bonds is 6. The molecule has 0 atom stereocenters. The summed E-state index contributed by atoms with van der Waals surface area (Å²) in [5.74, 6) is 0.0998. The molecule has 1 fully saturated rings. The summed E-state index contributed by atoms with van der Waals surface area (Å²) in [6.07, 6.45) is 1.08. The van der Waals surface area contributed by atoms with E-state index < -0.39 is 21.7 Å². The van der Waals surface area contributed by atoms with Crippen molar-refractivity contribution in [2.24, 2.45) is 5.92 Å². The van der Waals surface area contributed by atoms with Crippen molar-refractivity contribution in [3.63, 3.8) is 0 Å². The van der Waals surface area contributed by atoms with Crippen LogP contribution < -0.4 is 10.0 Å². The maximum Gasteiger partial charge on any atom is 0.407 e. The minimum Gasteiger partial charge on any atom is -0.444 e. The van der Waals surface area contributed by atoms with Gasteiger partial charge in [0.25, 0.3) is 5.91 Å². The van der Waals surface area contributed by atoms with Crippen molar-refractivity contribution < 1.29 is 22.7 Å². The number of sulfonamides is 1. The molecule has 1 aromatic rings. The summed E-state index contributed by atoms with van der Waals surface area (Å²) in [7, 11) is -3.62. The average Bonchev–Trinajstić information content (AvgIpc) is 2.65. The summed E-state index contributed by atoms with van der Waals surface area (Å²) in [6.45, 7) is 10.9. The minimum atomic E-state index is -3.62. The van der Waals surface area contributed by atoms with Crippen LogP contribution in [0.25, 0.3) is 0 Å².